The second-order valence-corrected chi connectivity index (χ2v) is 12.1. The number of aryl methyl sites for hydroxylation is 1. The zero-order chi connectivity index (χ0) is 30.7. The molecule has 7 rings (SSSR count). The van der Waals surface area contributed by atoms with E-state index in [2.05, 4.69) is 0 Å². The van der Waals surface area contributed by atoms with Crippen LogP contribution in [0.2, 0.25) is 0 Å². The van der Waals surface area contributed by atoms with E-state index >= 15 is 0 Å². The van der Waals surface area contributed by atoms with Crippen LogP contribution in [0, 0.1) is 30.6 Å². The largest absolute Gasteiger partial charge is 0.497 e. The molecule has 8 nitrogen and oxygen atoms in total. The van der Waals surface area contributed by atoms with Crippen molar-refractivity contribution in [3.63, 3.8) is 0 Å². The molecule has 5 unspecified atom stereocenters. The van der Waals surface area contributed by atoms with E-state index in [0.717, 1.165) is 30.4 Å². The summed E-state index contributed by atoms with van der Waals surface area (Å²) in [7, 11) is 1.55. The van der Waals surface area contributed by atoms with E-state index in [9.17, 15) is 19.2 Å². The summed E-state index contributed by atoms with van der Waals surface area (Å²) in [6, 6.07) is 21.1. The molecule has 4 aromatic rings. The fourth-order valence-corrected chi connectivity index (χ4v) is 7.42. The number of hydrogen-bond acceptors (Lipinski definition) is 7. The second kappa shape index (κ2) is 10.7. The fraction of sp³-hybridized carbons (Fsp3) is 0.306. The van der Waals surface area contributed by atoms with Crippen LogP contribution in [-0.2, 0) is 14.3 Å². The summed E-state index contributed by atoms with van der Waals surface area (Å²) >= 11 is 0. The van der Waals surface area contributed by atoms with E-state index in [-0.39, 0.29) is 29.4 Å². The topological polar surface area (TPSA) is 103 Å². The lowest BCUT2D eigenvalue weighted by atomic mass is 9.81. The first-order valence-electron chi connectivity index (χ1n) is 15.0. The molecule has 3 aromatic carbocycles. The number of ether oxygens (including phenoxy) is 2. The summed E-state index contributed by atoms with van der Waals surface area (Å²) < 4.78 is 10.8. The molecule has 3 fully saturated rings. The molecule has 3 aliphatic rings. The molecule has 2 bridgehead atoms. The minimum Gasteiger partial charge on any atom is -0.497 e. The highest BCUT2D eigenvalue weighted by Crippen LogP contribution is 2.56. The number of pyridine rings is 1. The third kappa shape index (κ3) is 4.48. The molecule has 222 valence electrons. The number of benzene rings is 3. The maximum Gasteiger partial charge on any atom is 0.339 e. The first kappa shape index (κ1) is 28.0. The summed E-state index contributed by atoms with van der Waals surface area (Å²) in [6.07, 6.45) is 2.04. The van der Waals surface area contributed by atoms with Crippen molar-refractivity contribution in [3.05, 3.63) is 89.5 Å². The number of aromatic nitrogens is 1. The molecule has 0 radical (unpaired) electrons. The van der Waals surface area contributed by atoms with Crippen molar-refractivity contribution < 1.29 is 28.7 Å². The Bertz CT molecular complexity index is 1800. The van der Waals surface area contributed by atoms with Crippen LogP contribution in [0.5, 0.6) is 5.75 Å². The molecule has 8 heteroatoms. The van der Waals surface area contributed by atoms with E-state index in [1.807, 2.05) is 37.3 Å². The van der Waals surface area contributed by atoms with Gasteiger partial charge in [0.25, 0.3) is 0 Å². The number of fused-ring (bicyclic) bond motifs is 6. The lowest BCUT2D eigenvalue weighted by Crippen LogP contribution is -2.32. The van der Waals surface area contributed by atoms with Crippen molar-refractivity contribution in [2.45, 2.75) is 39.2 Å². The smallest absolute Gasteiger partial charge is 0.339 e. The maximum absolute atomic E-state index is 13.6. The van der Waals surface area contributed by atoms with Gasteiger partial charge in [0.15, 0.2) is 6.10 Å². The fourth-order valence-electron chi connectivity index (χ4n) is 7.42. The van der Waals surface area contributed by atoms with E-state index in [1.165, 1.54) is 4.90 Å². The summed E-state index contributed by atoms with van der Waals surface area (Å²) in [4.78, 5) is 59.4. The molecule has 44 heavy (non-hydrogen) atoms. The van der Waals surface area contributed by atoms with Crippen molar-refractivity contribution in [1.82, 2.24) is 4.98 Å². The number of imide groups is 1. The quantitative estimate of drug-likeness (QED) is 0.144. The van der Waals surface area contributed by atoms with Gasteiger partial charge in [-0.25, -0.2) is 9.78 Å². The average molecular weight is 589 g/mol. The van der Waals surface area contributed by atoms with Crippen LogP contribution in [0.15, 0.2) is 72.8 Å². The number of anilines is 1. The number of Topliss-reactive ketones (excluding diaryl/α,β-unsaturated/α-hetero) is 1. The number of nitrogens with zero attached hydrogens (tertiary/aromatic N) is 2. The predicted molar refractivity (Wildman–Crippen MR) is 164 cm³/mol. The summed E-state index contributed by atoms with van der Waals surface area (Å²) in [6.45, 7) is 3.47. The molecule has 1 aliphatic heterocycles. The Labute approximate surface area is 255 Å². The molecule has 2 amide bonds. The average Bonchev–Trinajstić information content (AvgIpc) is 3.74. The number of hydrogen-bond donors (Lipinski definition) is 0. The number of methoxy groups -OCH3 is 1. The van der Waals surface area contributed by atoms with Crippen LogP contribution in [0.25, 0.3) is 22.2 Å². The highest BCUT2D eigenvalue weighted by Gasteiger charge is 2.61. The zero-order valence-electron chi connectivity index (χ0n) is 24.8. The van der Waals surface area contributed by atoms with Crippen LogP contribution >= 0.6 is 0 Å². The third-order valence-corrected chi connectivity index (χ3v) is 9.64. The van der Waals surface area contributed by atoms with Crippen LogP contribution in [-0.4, -0.2) is 41.8 Å². The van der Waals surface area contributed by atoms with Gasteiger partial charge in [-0.05, 0) is 93.0 Å². The number of carbonyl (C=O) groups excluding carboxylic acids is 4. The van der Waals surface area contributed by atoms with Crippen LogP contribution in [0.1, 0.15) is 52.5 Å². The highest BCUT2D eigenvalue weighted by atomic mass is 16.5. The van der Waals surface area contributed by atoms with E-state index in [4.69, 9.17) is 14.5 Å². The summed E-state index contributed by atoms with van der Waals surface area (Å²) in [5.41, 5.74) is 4.03. The van der Waals surface area contributed by atoms with Crippen LogP contribution < -0.4 is 9.64 Å². The Hall–Kier alpha value is -4.85. The van der Waals surface area contributed by atoms with Gasteiger partial charge in [0.05, 0.1) is 41.4 Å². The number of carbonyl (C=O) groups is 4. The van der Waals surface area contributed by atoms with Crippen LogP contribution in [0.4, 0.5) is 5.69 Å². The van der Waals surface area contributed by atoms with E-state index < -0.39 is 12.1 Å². The number of esters is 1. The van der Waals surface area contributed by atoms with Crippen molar-refractivity contribution in [2.24, 2.45) is 23.7 Å². The molecule has 1 aromatic heterocycles. The maximum atomic E-state index is 13.6. The van der Waals surface area contributed by atoms with Gasteiger partial charge in [0.2, 0.25) is 17.6 Å². The number of ketones is 1. The van der Waals surface area contributed by atoms with Crippen molar-refractivity contribution >= 4 is 40.2 Å². The molecular weight excluding hydrogens is 556 g/mol. The highest BCUT2D eigenvalue weighted by molar-refractivity contribution is 6.22. The lowest BCUT2D eigenvalue weighted by Gasteiger charge is -2.19. The molecule has 5 atom stereocenters. The first-order valence-corrected chi connectivity index (χ1v) is 15.0. The number of amides is 2. The summed E-state index contributed by atoms with van der Waals surface area (Å²) in [5.74, 6) is -0.216. The second-order valence-electron chi connectivity index (χ2n) is 12.1. The van der Waals surface area contributed by atoms with Crippen molar-refractivity contribution in [2.75, 3.05) is 12.0 Å². The third-order valence-electron chi connectivity index (χ3n) is 9.64. The number of rotatable bonds is 7. The van der Waals surface area contributed by atoms with Gasteiger partial charge in [-0.1, -0.05) is 30.3 Å². The minimum absolute atomic E-state index is 0.0808. The summed E-state index contributed by atoms with van der Waals surface area (Å²) in [5, 5.41) is 0.619. The van der Waals surface area contributed by atoms with Gasteiger partial charge >= 0.3 is 5.97 Å². The Balaban J connectivity index is 1.17. The van der Waals surface area contributed by atoms with Crippen molar-refractivity contribution in [3.8, 4) is 17.0 Å². The molecule has 2 heterocycles. The molecule has 0 N–H and O–H groups in total. The first-order chi connectivity index (χ1) is 21.2. The molecule has 2 aliphatic carbocycles. The Morgan fingerprint density at radius 1 is 0.909 bits per heavy atom. The SMILES string of the molecule is COc1ccc(C(=O)C(C)OC(=O)c2cc(-c3ccc(N4C(=O)C5C6CCC(C6)C5C4=O)cc3)nc3c(C)cccc23)cc1. The van der Waals surface area contributed by atoms with Gasteiger partial charge in [-0.2, -0.15) is 0 Å². The number of para-hydroxylation sites is 1. The predicted octanol–water partition coefficient (Wildman–Crippen LogP) is 6.18. The standard InChI is InChI=1S/C36H32N2O6/c1-19-5-4-6-27-28(36(42)44-20(2)33(39)22-11-15-26(43-3)16-12-22)18-29(37-32(19)27)21-9-13-25(14-10-21)38-34(40)30-23-7-8-24(17-23)31(30)35(38)41/h4-6,9-16,18,20,23-24,30-31H,7-8,17H2,1-3H3. The van der Waals surface area contributed by atoms with Crippen molar-refractivity contribution in [1.29, 1.82) is 0 Å². The van der Waals surface area contributed by atoms with Gasteiger partial charge in [-0.3, -0.25) is 19.3 Å². The monoisotopic (exact) mass is 588 g/mol. The normalized spacial score (nSPS) is 22.8. The lowest BCUT2D eigenvalue weighted by molar-refractivity contribution is -0.123. The van der Waals surface area contributed by atoms with Crippen LogP contribution in [0.3, 0.4) is 0 Å². The Morgan fingerprint density at radius 3 is 2.20 bits per heavy atom. The molecular formula is C36H32N2O6. The molecule has 2 saturated carbocycles. The van der Waals surface area contributed by atoms with E-state index in [0.29, 0.717) is 51.0 Å². The zero-order valence-corrected chi connectivity index (χ0v) is 24.8. The molecule has 1 saturated heterocycles. The Kier molecular flexibility index (Phi) is 6.80. The molecule has 0 spiro atoms. The van der Waals surface area contributed by atoms with Gasteiger partial charge in [0, 0.05) is 16.5 Å². The Morgan fingerprint density at radius 2 is 1.57 bits per heavy atom. The minimum atomic E-state index is -1.02. The van der Waals surface area contributed by atoms with Gasteiger partial charge in [-0.15, -0.1) is 0 Å². The van der Waals surface area contributed by atoms with Gasteiger partial charge < -0.3 is 9.47 Å². The van der Waals surface area contributed by atoms with Gasteiger partial charge in [0.1, 0.15) is 5.75 Å². The van der Waals surface area contributed by atoms with E-state index in [1.54, 1.807) is 56.5 Å².